The van der Waals surface area contributed by atoms with Crippen molar-refractivity contribution in [2.24, 2.45) is 0 Å². The first-order chi connectivity index (χ1) is 11.7. The molecule has 1 aromatic rings. The first kappa shape index (κ1) is 21.4. The van der Waals surface area contributed by atoms with Crippen molar-refractivity contribution in [1.82, 2.24) is 10.0 Å². The zero-order valence-electron chi connectivity index (χ0n) is 13.7. The average Bonchev–Trinajstić information content (AvgIpc) is 2.53. The second kappa shape index (κ2) is 10.3. The van der Waals surface area contributed by atoms with Crippen LogP contribution in [-0.4, -0.2) is 45.3 Å². The van der Waals surface area contributed by atoms with Crippen LogP contribution < -0.4 is 10.0 Å². The number of halogens is 1. The first-order valence-corrected chi connectivity index (χ1v) is 9.40. The normalized spacial score (nSPS) is 12.4. The lowest BCUT2D eigenvalue weighted by Crippen LogP contribution is -2.39. The summed E-state index contributed by atoms with van der Waals surface area (Å²) < 4.78 is 30.6. The number of sulfonamides is 1. The Labute approximate surface area is 151 Å². The standard InChI is InChI=1S/C15H21ClN2O6S/c1-24-15(21)7-2-3-8-17-13(19)10-14(20)18-25(22,23)12-6-4-5-11(16)9-12/h4-6,9,14,18,20H,2-3,7-8,10H2,1H3,(H,17,19). The fourth-order valence-corrected chi connectivity index (χ4v) is 3.27. The van der Waals surface area contributed by atoms with Crippen LogP contribution >= 0.6 is 11.6 Å². The van der Waals surface area contributed by atoms with Crippen molar-refractivity contribution < 1.29 is 27.9 Å². The van der Waals surface area contributed by atoms with Crippen molar-refractivity contribution in [1.29, 1.82) is 0 Å². The molecule has 1 rings (SSSR count). The molecule has 0 bridgehead atoms. The van der Waals surface area contributed by atoms with Gasteiger partial charge in [-0.1, -0.05) is 17.7 Å². The molecule has 10 heteroatoms. The number of aliphatic hydroxyl groups excluding tert-OH is 1. The molecule has 25 heavy (non-hydrogen) atoms. The Morgan fingerprint density at radius 1 is 1.32 bits per heavy atom. The number of rotatable bonds is 10. The molecular formula is C15H21ClN2O6S. The number of benzene rings is 1. The van der Waals surface area contributed by atoms with Crippen LogP contribution in [0.5, 0.6) is 0 Å². The van der Waals surface area contributed by atoms with E-state index >= 15 is 0 Å². The summed E-state index contributed by atoms with van der Waals surface area (Å²) in [5.41, 5.74) is 0. The number of hydrogen-bond acceptors (Lipinski definition) is 6. The molecule has 0 fully saturated rings. The van der Waals surface area contributed by atoms with E-state index in [2.05, 4.69) is 10.1 Å². The van der Waals surface area contributed by atoms with Crippen molar-refractivity contribution in [3.8, 4) is 0 Å². The van der Waals surface area contributed by atoms with Gasteiger partial charge in [0, 0.05) is 18.0 Å². The summed E-state index contributed by atoms with van der Waals surface area (Å²) in [6.45, 7) is 0.309. The van der Waals surface area contributed by atoms with Crippen molar-refractivity contribution in [3.05, 3.63) is 29.3 Å². The number of amides is 1. The molecule has 1 unspecified atom stereocenters. The minimum absolute atomic E-state index is 0.109. The van der Waals surface area contributed by atoms with Crippen molar-refractivity contribution in [2.75, 3.05) is 13.7 Å². The second-order valence-electron chi connectivity index (χ2n) is 5.18. The van der Waals surface area contributed by atoms with E-state index in [-0.39, 0.29) is 22.3 Å². The maximum Gasteiger partial charge on any atom is 0.305 e. The van der Waals surface area contributed by atoms with Crippen LogP contribution in [0.4, 0.5) is 0 Å². The Morgan fingerprint density at radius 2 is 2.04 bits per heavy atom. The highest BCUT2D eigenvalue weighted by Gasteiger charge is 2.20. The molecule has 140 valence electrons. The molecule has 0 aliphatic rings. The van der Waals surface area contributed by atoms with E-state index in [0.717, 1.165) is 0 Å². The molecular weight excluding hydrogens is 372 g/mol. The third-order valence-electron chi connectivity index (χ3n) is 3.13. The predicted molar refractivity (Wildman–Crippen MR) is 91.3 cm³/mol. The molecule has 0 heterocycles. The number of methoxy groups -OCH3 is 1. The first-order valence-electron chi connectivity index (χ1n) is 7.54. The van der Waals surface area contributed by atoms with Crippen molar-refractivity contribution in [2.45, 2.75) is 36.8 Å². The molecule has 1 atom stereocenters. The van der Waals surface area contributed by atoms with Gasteiger partial charge in [-0.05, 0) is 31.0 Å². The van der Waals surface area contributed by atoms with Crippen LogP contribution in [0.3, 0.4) is 0 Å². The third-order valence-corrected chi connectivity index (χ3v) is 4.83. The van der Waals surface area contributed by atoms with Crippen molar-refractivity contribution in [3.63, 3.8) is 0 Å². The molecule has 0 aliphatic heterocycles. The van der Waals surface area contributed by atoms with Gasteiger partial charge in [0.05, 0.1) is 18.4 Å². The summed E-state index contributed by atoms with van der Waals surface area (Å²) >= 11 is 5.74. The van der Waals surface area contributed by atoms with Crippen LogP contribution in [-0.2, 0) is 24.3 Å². The zero-order valence-corrected chi connectivity index (χ0v) is 15.3. The largest absolute Gasteiger partial charge is 0.469 e. The van der Waals surface area contributed by atoms with Gasteiger partial charge in [-0.3, -0.25) is 9.59 Å². The number of ether oxygens (including phenoxy) is 1. The molecule has 0 radical (unpaired) electrons. The Balaban J connectivity index is 2.36. The Kier molecular flexibility index (Phi) is 8.84. The summed E-state index contributed by atoms with van der Waals surface area (Å²) in [4.78, 5) is 22.5. The van der Waals surface area contributed by atoms with Crippen LogP contribution in [0.2, 0.25) is 5.02 Å². The van der Waals surface area contributed by atoms with Gasteiger partial charge < -0.3 is 15.2 Å². The SMILES string of the molecule is COC(=O)CCCCNC(=O)CC(O)NS(=O)(=O)c1cccc(Cl)c1. The fraction of sp³-hybridized carbons (Fsp3) is 0.467. The number of esters is 1. The number of hydrogen-bond donors (Lipinski definition) is 3. The van der Waals surface area contributed by atoms with Crippen LogP contribution in [0.15, 0.2) is 29.2 Å². The van der Waals surface area contributed by atoms with Gasteiger partial charge in [-0.2, -0.15) is 4.72 Å². The highest BCUT2D eigenvalue weighted by molar-refractivity contribution is 7.89. The summed E-state index contributed by atoms with van der Waals surface area (Å²) in [5, 5.41) is 12.5. The lowest BCUT2D eigenvalue weighted by molar-refractivity contribution is -0.140. The minimum atomic E-state index is -3.99. The summed E-state index contributed by atoms with van der Waals surface area (Å²) in [6.07, 6.45) is -0.633. The van der Waals surface area contributed by atoms with Gasteiger partial charge in [0.25, 0.3) is 0 Å². The molecule has 0 saturated heterocycles. The van der Waals surface area contributed by atoms with Crippen LogP contribution in [0.1, 0.15) is 25.7 Å². The predicted octanol–water partition coefficient (Wildman–Crippen LogP) is 0.786. The highest BCUT2D eigenvalue weighted by atomic mass is 35.5. The van der Waals surface area contributed by atoms with E-state index in [1.54, 1.807) is 0 Å². The molecule has 8 nitrogen and oxygen atoms in total. The summed E-state index contributed by atoms with van der Waals surface area (Å²) in [7, 11) is -2.68. The summed E-state index contributed by atoms with van der Waals surface area (Å²) in [6, 6.07) is 5.54. The molecule has 0 saturated carbocycles. The van der Waals surface area contributed by atoms with Gasteiger partial charge >= 0.3 is 5.97 Å². The topological polar surface area (TPSA) is 122 Å². The van der Waals surface area contributed by atoms with E-state index in [9.17, 15) is 23.1 Å². The number of carbonyl (C=O) groups excluding carboxylic acids is 2. The van der Waals surface area contributed by atoms with Crippen LogP contribution in [0, 0.1) is 0 Å². The van der Waals surface area contributed by atoms with E-state index in [1.807, 2.05) is 4.72 Å². The van der Waals surface area contributed by atoms with Gasteiger partial charge in [-0.25, -0.2) is 8.42 Å². The monoisotopic (exact) mass is 392 g/mol. The Morgan fingerprint density at radius 3 is 2.68 bits per heavy atom. The van der Waals surface area contributed by atoms with Gasteiger partial charge in [-0.15, -0.1) is 0 Å². The Hall–Kier alpha value is -1.68. The van der Waals surface area contributed by atoms with E-state index in [1.165, 1.54) is 31.4 Å². The lowest BCUT2D eigenvalue weighted by atomic mass is 10.2. The van der Waals surface area contributed by atoms with E-state index < -0.39 is 28.6 Å². The number of carbonyl (C=O) groups is 2. The Bertz CT molecular complexity index is 695. The molecule has 1 aromatic carbocycles. The number of nitrogens with one attached hydrogen (secondary N) is 2. The van der Waals surface area contributed by atoms with E-state index in [4.69, 9.17) is 11.6 Å². The molecule has 1 amide bonds. The quantitative estimate of drug-likeness (QED) is 0.307. The van der Waals surface area contributed by atoms with Gasteiger partial charge in [0.15, 0.2) is 0 Å². The minimum Gasteiger partial charge on any atom is -0.469 e. The third kappa shape index (κ3) is 8.30. The molecule has 3 N–H and O–H groups in total. The molecule has 0 spiro atoms. The number of unbranched alkanes of at least 4 members (excludes halogenated alkanes) is 1. The smallest absolute Gasteiger partial charge is 0.305 e. The highest BCUT2D eigenvalue weighted by Crippen LogP contribution is 2.15. The van der Waals surface area contributed by atoms with E-state index in [0.29, 0.717) is 19.4 Å². The number of aliphatic hydroxyl groups is 1. The lowest BCUT2D eigenvalue weighted by Gasteiger charge is -2.13. The van der Waals surface area contributed by atoms with Crippen LogP contribution in [0.25, 0.3) is 0 Å². The zero-order chi connectivity index (χ0) is 18.9. The van der Waals surface area contributed by atoms with Gasteiger partial charge in [0.2, 0.25) is 15.9 Å². The molecule has 0 aliphatic carbocycles. The second-order valence-corrected chi connectivity index (χ2v) is 7.33. The maximum atomic E-state index is 12.1. The summed E-state index contributed by atoms with van der Waals surface area (Å²) in [5.74, 6) is -0.837. The van der Waals surface area contributed by atoms with Gasteiger partial charge in [0.1, 0.15) is 6.23 Å². The van der Waals surface area contributed by atoms with Crippen molar-refractivity contribution >= 4 is 33.5 Å². The maximum absolute atomic E-state index is 12.1. The fourth-order valence-electron chi connectivity index (χ4n) is 1.89. The molecule has 0 aromatic heterocycles. The average molecular weight is 393 g/mol.